The van der Waals surface area contributed by atoms with Crippen LogP contribution in [0.5, 0.6) is 0 Å². The van der Waals surface area contributed by atoms with E-state index in [9.17, 15) is 0 Å². The van der Waals surface area contributed by atoms with Crippen LogP contribution in [-0.4, -0.2) is 13.0 Å². The Morgan fingerprint density at radius 1 is 1.42 bits per heavy atom. The van der Waals surface area contributed by atoms with Crippen molar-refractivity contribution in [3.63, 3.8) is 0 Å². The molecule has 0 amide bonds. The third kappa shape index (κ3) is 4.03. The number of hydrogen-bond acceptors (Lipinski definition) is 3. The summed E-state index contributed by atoms with van der Waals surface area (Å²) in [6.45, 7) is 4.09. The van der Waals surface area contributed by atoms with Crippen molar-refractivity contribution in [2.24, 2.45) is 0 Å². The van der Waals surface area contributed by atoms with E-state index >= 15 is 0 Å². The van der Waals surface area contributed by atoms with Crippen LogP contribution in [0, 0.1) is 6.92 Å². The molecule has 0 unspecified atom stereocenters. The number of rotatable bonds is 2. The van der Waals surface area contributed by atoms with Gasteiger partial charge < -0.3 is 9.52 Å². The van der Waals surface area contributed by atoms with Crippen LogP contribution in [0.25, 0.3) is 0 Å². The Bertz CT molecular complexity index is 228. The molecule has 0 radical (unpaired) electrons. The molecule has 0 aliphatic heterocycles. The molecule has 1 N–H and O–H groups in total. The predicted molar refractivity (Wildman–Crippen MR) is 55.4 cm³/mol. The zero-order chi connectivity index (χ0) is 9.40. The second kappa shape index (κ2) is 6.73. The molecular weight excluding hydrogens is 170 g/mol. The molecule has 0 saturated heterocycles. The van der Waals surface area contributed by atoms with Crippen molar-refractivity contribution in [2.75, 3.05) is 11.0 Å². The van der Waals surface area contributed by atoms with Crippen LogP contribution in [0.2, 0.25) is 0 Å². The second-order valence-electron chi connectivity index (χ2n) is 2.18. The van der Waals surface area contributed by atoms with E-state index in [1.54, 1.807) is 11.9 Å². The van der Waals surface area contributed by atoms with E-state index in [4.69, 9.17) is 4.79 Å². The lowest BCUT2D eigenvalue weighted by molar-refractivity contribution is -0.0979. The van der Waals surface area contributed by atoms with Crippen LogP contribution in [0.4, 0.5) is 5.69 Å². The molecule has 0 saturated carbocycles. The van der Waals surface area contributed by atoms with Crippen molar-refractivity contribution in [3.8, 4) is 0 Å². The normalized spacial score (nSPS) is 8.17. The molecule has 0 atom stereocenters. The van der Waals surface area contributed by atoms with Crippen LogP contribution < -0.4 is 4.72 Å². The molecule has 0 fully saturated rings. The number of benzene rings is 1. The second-order valence-corrected chi connectivity index (χ2v) is 2.79. The monoisotopic (exact) mass is 183 g/mol. The highest BCUT2D eigenvalue weighted by Gasteiger charge is 1.87. The number of anilines is 1. The highest BCUT2D eigenvalue weighted by molar-refractivity contribution is 7.99. The Morgan fingerprint density at radius 3 is 2.58 bits per heavy atom. The quantitative estimate of drug-likeness (QED) is 0.714. The number of carbonyl (C=O) groups is 1. The van der Waals surface area contributed by atoms with Gasteiger partial charge in [0.15, 0.2) is 0 Å². The molecule has 0 aliphatic rings. The van der Waals surface area contributed by atoms with Crippen molar-refractivity contribution in [3.05, 3.63) is 29.8 Å². The van der Waals surface area contributed by atoms with E-state index in [2.05, 4.69) is 29.8 Å². The summed E-state index contributed by atoms with van der Waals surface area (Å²) in [5.74, 6) is 0. The van der Waals surface area contributed by atoms with Gasteiger partial charge in [0.2, 0.25) is 0 Å². The molecule has 2 nitrogen and oxygen atoms in total. The Morgan fingerprint density at radius 2 is 2.08 bits per heavy atom. The summed E-state index contributed by atoms with van der Waals surface area (Å²) in [5.41, 5.74) is 2.46. The first-order chi connectivity index (χ1) is 5.83. The SMILES string of the molecule is C=O.CSNc1cccc(C)c1. The van der Waals surface area contributed by atoms with Gasteiger partial charge in [-0.25, -0.2) is 0 Å². The Labute approximate surface area is 77.5 Å². The van der Waals surface area contributed by atoms with Crippen LogP contribution >= 0.6 is 11.9 Å². The first kappa shape index (κ1) is 11.0. The van der Waals surface area contributed by atoms with E-state index < -0.39 is 0 Å². The van der Waals surface area contributed by atoms with Crippen molar-refractivity contribution >= 4 is 24.4 Å². The molecule has 1 aromatic rings. The molecule has 1 aromatic carbocycles. The standard InChI is InChI=1S/C8H11NS.CH2O/c1-7-4-3-5-8(6-7)9-10-2;1-2/h3-6,9H,1-2H3;1H2. The first-order valence-corrected chi connectivity index (χ1v) is 4.70. The average molecular weight is 183 g/mol. The van der Waals surface area contributed by atoms with Gasteiger partial charge in [0.05, 0.1) is 0 Å². The number of nitrogens with one attached hydrogen (secondary N) is 1. The highest BCUT2D eigenvalue weighted by Crippen LogP contribution is 2.11. The summed E-state index contributed by atoms with van der Waals surface area (Å²) < 4.78 is 3.16. The fourth-order valence-electron chi connectivity index (χ4n) is 0.826. The molecule has 0 spiro atoms. The minimum Gasteiger partial charge on any atom is -0.330 e. The van der Waals surface area contributed by atoms with Gasteiger partial charge in [0.25, 0.3) is 0 Å². The maximum atomic E-state index is 8.00. The van der Waals surface area contributed by atoms with Crippen molar-refractivity contribution in [1.29, 1.82) is 0 Å². The molecular formula is C9H13NOS. The van der Waals surface area contributed by atoms with Crippen LogP contribution in [0.1, 0.15) is 5.56 Å². The summed E-state index contributed by atoms with van der Waals surface area (Å²) in [5, 5.41) is 0. The lowest BCUT2D eigenvalue weighted by atomic mass is 10.2. The maximum Gasteiger partial charge on any atom is 0.106 e. The number of aryl methyl sites for hydroxylation is 1. The minimum atomic E-state index is 1.17. The fourth-order valence-corrected chi connectivity index (χ4v) is 1.19. The summed E-state index contributed by atoms with van der Waals surface area (Å²) in [4.78, 5) is 8.00. The van der Waals surface area contributed by atoms with Crippen LogP contribution in [-0.2, 0) is 4.79 Å². The number of carbonyl (C=O) groups excluding carboxylic acids is 1. The van der Waals surface area contributed by atoms with E-state index in [-0.39, 0.29) is 0 Å². The van der Waals surface area contributed by atoms with E-state index in [0.717, 1.165) is 0 Å². The van der Waals surface area contributed by atoms with E-state index in [0.29, 0.717) is 0 Å². The zero-order valence-electron chi connectivity index (χ0n) is 7.33. The van der Waals surface area contributed by atoms with Crippen LogP contribution in [0.15, 0.2) is 24.3 Å². The molecule has 0 heterocycles. The summed E-state index contributed by atoms with van der Waals surface area (Å²) in [7, 11) is 0. The molecule has 0 aliphatic carbocycles. The Hall–Kier alpha value is -0.960. The maximum absolute atomic E-state index is 8.00. The Kier molecular flexibility index (Phi) is 6.19. The molecule has 12 heavy (non-hydrogen) atoms. The van der Waals surface area contributed by atoms with Gasteiger partial charge in [-0.05, 0) is 24.6 Å². The minimum absolute atomic E-state index is 1.17. The lowest BCUT2D eigenvalue weighted by Crippen LogP contribution is -1.83. The van der Waals surface area contributed by atoms with Crippen molar-refractivity contribution in [2.45, 2.75) is 6.92 Å². The fraction of sp³-hybridized carbons (Fsp3) is 0.222. The summed E-state index contributed by atoms with van der Waals surface area (Å²) >= 11 is 1.61. The Balaban J connectivity index is 0.000000561. The van der Waals surface area contributed by atoms with Gasteiger partial charge in [0.1, 0.15) is 6.79 Å². The predicted octanol–water partition coefficient (Wildman–Crippen LogP) is 2.50. The molecule has 0 aromatic heterocycles. The van der Waals surface area contributed by atoms with Gasteiger partial charge in [-0.1, -0.05) is 24.1 Å². The molecule has 66 valence electrons. The first-order valence-electron chi connectivity index (χ1n) is 3.47. The molecule has 1 rings (SSSR count). The van der Waals surface area contributed by atoms with Crippen molar-refractivity contribution < 1.29 is 4.79 Å². The molecule has 3 heteroatoms. The summed E-state index contributed by atoms with van der Waals surface area (Å²) in [6, 6.07) is 8.32. The largest absolute Gasteiger partial charge is 0.330 e. The average Bonchev–Trinajstić information content (AvgIpc) is 2.09. The highest BCUT2D eigenvalue weighted by atomic mass is 32.2. The molecule has 0 bridgehead atoms. The van der Waals surface area contributed by atoms with E-state index in [1.165, 1.54) is 11.3 Å². The van der Waals surface area contributed by atoms with Crippen LogP contribution in [0.3, 0.4) is 0 Å². The van der Waals surface area contributed by atoms with E-state index in [1.807, 2.05) is 19.1 Å². The van der Waals surface area contributed by atoms with Gasteiger partial charge in [0, 0.05) is 11.9 Å². The lowest BCUT2D eigenvalue weighted by Gasteiger charge is -2.01. The third-order valence-electron chi connectivity index (χ3n) is 1.24. The smallest absolute Gasteiger partial charge is 0.106 e. The number of hydrogen-bond donors (Lipinski definition) is 1. The summed E-state index contributed by atoms with van der Waals surface area (Å²) in [6.07, 6.45) is 2.02. The van der Waals surface area contributed by atoms with Gasteiger partial charge >= 0.3 is 0 Å². The van der Waals surface area contributed by atoms with Crippen molar-refractivity contribution in [1.82, 2.24) is 0 Å². The van der Waals surface area contributed by atoms with Gasteiger partial charge in [-0.2, -0.15) is 0 Å². The third-order valence-corrected chi connectivity index (χ3v) is 1.68. The topological polar surface area (TPSA) is 29.1 Å². The van der Waals surface area contributed by atoms with Gasteiger partial charge in [-0.3, -0.25) is 0 Å². The zero-order valence-corrected chi connectivity index (χ0v) is 8.15. The van der Waals surface area contributed by atoms with Gasteiger partial charge in [-0.15, -0.1) is 0 Å².